The number of aliphatic hydroxyl groups excluding tert-OH is 1. The molecule has 0 fully saturated rings. The summed E-state index contributed by atoms with van der Waals surface area (Å²) in [5.74, 6) is 0.914. The van der Waals surface area contributed by atoms with Gasteiger partial charge in [-0.15, -0.1) is 0 Å². The lowest BCUT2D eigenvalue weighted by atomic mass is 9.94. The van der Waals surface area contributed by atoms with E-state index in [1.54, 1.807) is 6.92 Å². The standard InChI is InChI=1S/C20H24O2.C4H10O.C2H6.CH3NO/c1-5-15-8-10-16(11-9-15)17-12-19(14(4)21)18(6-2)20(13-17)22-7-3;1-2-3-4-5;1-2;2-1-3/h8-13H,5-7H2,1-4H3;5H,2-4H2,1H3;1-2H3;1H,(H2,2,3). The normalized spacial score (nSPS) is 9.12. The van der Waals surface area contributed by atoms with E-state index in [1.165, 1.54) is 5.56 Å². The van der Waals surface area contributed by atoms with Crippen molar-refractivity contribution >= 4 is 12.2 Å². The second-order valence-electron chi connectivity index (χ2n) is 6.61. The third-order valence-electron chi connectivity index (χ3n) is 4.45. The summed E-state index contributed by atoms with van der Waals surface area (Å²) in [5, 5.41) is 8.07. The number of rotatable bonds is 8. The van der Waals surface area contributed by atoms with Crippen LogP contribution in [0.2, 0.25) is 0 Å². The average Bonchev–Trinajstić information content (AvgIpc) is 2.81. The van der Waals surface area contributed by atoms with Gasteiger partial charge in [0.05, 0.1) is 6.61 Å². The molecule has 1 amide bonds. The minimum atomic E-state index is 0.0878. The highest BCUT2D eigenvalue weighted by Gasteiger charge is 2.14. The molecule has 2 aromatic rings. The zero-order valence-corrected chi connectivity index (χ0v) is 21.0. The third kappa shape index (κ3) is 11.7. The molecule has 5 nitrogen and oxygen atoms in total. The predicted octanol–water partition coefficient (Wildman–Crippen LogP) is 5.99. The lowest BCUT2D eigenvalue weighted by molar-refractivity contribution is -0.106. The van der Waals surface area contributed by atoms with Crippen LogP contribution in [0.25, 0.3) is 11.1 Å². The van der Waals surface area contributed by atoms with Gasteiger partial charge < -0.3 is 15.6 Å². The third-order valence-corrected chi connectivity index (χ3v) is 4.45. The van der Waals surface area contributed by atoms with Crippen molar-refractivity contribution in [1.29, 1.82) is 0 Å². The maximum atomic E-state index is 12.0. The van der Waals surface area contributed by atoms with Crippen molar-refractivity contribution in [2.24, 2.45) is 5.73 Å². The highest BCUT2D eigenvalue weighted by Crippen LogP contribution is 2.32. The Morgan fingerprint density at radius 1 is 1.00 bits per heavy atom. The minimum absolute atomic E-state index is 0.0878. The molecule has 180 valence electrons. The molecule has 0 saturated carbocycles. The number of benzene rings is 2. The molecule has 5 heteroatoms. The Balaban J connectivity index is 0. The number of ether oxygens (including phenoxy) is 1. The molecule has 0 aliphatic heterocycles. The molecule has 0 heterocycles. The number of carbonyl (C=O) groups is 2. The summed E-state index contributed by atoms with van der Waals surface area (Å²) in [6.45, 7) is 14.8. The first-order valence-electron chi connectivity index (χ1n) is 11.6. The minimum Gasteiger partial charge on any atom is -0.494 e. The fourth-order valence-electron chi connectivity index (χ4n) is 2.87. The number of hydrogen-bond donors (Lipinski definition) is 2. The Kier molecular flexibility index (Phi) is 20.0. The summed E-state index contributed by atoms with van der Waals surface area (Å²) in [4.78, 5) is 20.6. The molecule has 2 aromatic carbocycles. The van der Waals surface area contributed by atoms with E-state index in [2.05, 4.69) is 56.8 Å². The summed E-state index contributed by atoms with van der Waals surface area (Å²) >= 11 is 0. The van der Waals surface area contributed by atoms with Gasteiger partial charge in [0, 0.05) is 17.7 Å². The van der Waals surface area contributed by atoms with E-state index < -0.39 is 0 Å². The number of ketones is 1. The highest BCUT2D eigenvalue weighted by atomic mass is 16.5. The monoisotopic (exact) mass is 445 g/mol. The van der Waals surface area contributed by atoms with E-state index in [-0.39, 0.29) is 12.2 Å². The number of unbranched alkanes of at least 4 members (excludes halogenated alkanes) is 1. The molecule has 3 N–H and O–H groups in total. The largest absolute Gasteiger partial charge is 0.494 e. The summed E-state index contributed by atoms with van der Waals surface area (Å²) in [6, 6.07) is 12.5. The van der Waals surface area contributed by atoms with E-state index in [9.17, 15) is 4.79 Å². The second-order valence-corrected chi connectivity index (χ2v) is 6.61. The molecule has 0 unspecified atom stereocenters. The van der Waals surface area contributed by atoms with Crippen LogP contribution in [0.3, 0.4) is 0 Å². The van der Waals surface area contributed by atoms with E-state index in [1.807, 2.05) is 26.8 Å². The van der Waals surface area contributed by atoms with E-state index in [0.29, 0.717) is 13.2 Å². The number of aryl methyl sites for hydroxylation is 1. The first-order chi connectivity index (χ1) is 15.4. The smallest absolute Gasteiger partial charge is 0.204 e. The van der Waals surface area contributed by atoms with E-state index in [4.69, 9.17) is 14.6 Å². The summed E-state index contributed by atoms with van der Waals surface area (Å²) in [5.41, 5.74) is 9.40. The number of nitrogens with two attached hydrogens (primary N) is 1. The Labute approximate surface area is 195 Å². The molecular formula is C27H43NO4. The lowest BCUT2D eigenvalue weighted by Gasteiger charge is -2.15. The lowest BCUT2D eigenvalue weighted by Crippen LogP contribution is -2.04. The number of aliphatic hydroxyl groups is 1. The molecule has 0 spiro atoms. The molecule has 0 saturated heterocycles. The molecule has 0 aliphatic carbocycles. The van der Waals surface area contributed by atoms with Gasteiger partial charge in [-0.05, 0) is 61.9 Å². The Morgan fingerprint density at radius 3 is 1.91 bits per heavy atom. The molecule has 32 heavy (non-hydrogen) atoms. The van der Waals surface area contributed by atoms with Crippen molar-refractivity contribution in [2.45, 2.75) is 74.1 Å². The SMILES string of the molecule is CC.CCCCO.CCOc1cc(-c2ccc(CC)cc2)cc(C(C)=O)c1CC.NC=O. The molecule has 0 aromatic heterocycles. The predicted molar refractivity (Wildman–Crippen MR) is 135 cm³/mol. The van der Waals surface area contributed by atoms with Gasteiger partial charge in [0.2, 0.25) is 6.41 Å². The van der Waals surface area contributed by atoms with Crippen molar-refractivity contribution in [2.75, 3.05) is 13.2 Å². The quantitative estimate of drug-likeness (QED) is 0.386. The van der Waals surface area contributed by atoms with Crippen molar-refractivity contribution in [3.05, 3.63) is 53.1 Å². The topological polar surface area (TPSA) is 89.6 Å². The van der Waals surface area contributed by atoms with Gasteiger partial charge in [0.25, 0.3) is 0 Å². The van der Waals surface area contributed by atoms with Gasteiger partial charge in [0.15, 0.2) is 5.78 Å². The zero-order valence-electron chi connectivity index (χ0n) is 21.0. The van der Waals surface area contributed by atoms with Crippen LogP contribution in [0, 0.1) is 0 Å². The van der Waals surface area contributed by atoms with Gasteiger partial charge in [-0.3, -0.25) is 9.59 Å². The van der Waals surface area contributed by atoms with Gasteiger partial charge >= 0.3 is 0 Å². The van der Waals surface area contributed by atoms with Crippen molar-refractivity contribution in [1.82, 2.24) is 0 Å². The number of hydrogen-bond acceptors (Lipinski definition) is 4. The van der Waals surface area contributed by atoms with Crippen LogP contribution in [-0.4, -0.2) is 30.5 Å². The zero-order chi connectivity index (χ0) is 24.9. The highest BCUT2D eigenvalue weighted by molar-refractivity contribution is 5.97. The molecule has 0 atom stereocenters. The van der Waals surface area contributed by atoms with Gasteiger partial charge in [-0.1, -0.05) is 65.3 Å². The van der Waals surface area contributed by atoms with Crippen LogP contribution in [0.5, 0.6) is 5.75 Å². The van der Waals surface area contributed by atoms with Crippen LogP contribution in [0.1, 0.15) is 82.8 Å². The van der Waals surface area contributed by atoms with Crippen molar-refractivity contribution in [3.63, 3.8) is 0 Å². The Hall–Kier alpha value is -2.66. The van der Waals surface area contributed by atoms with Crippen molar-refractivity contribution < 1.29 is 19.4 Å². The molecular weight excluding hydrogens is 402 g/mol. The Morgan fingerprint density at radius 2 is 1.56 bits per heavy atom. The van der Waals surface area contributed by atoms with E-state index >= 15 is 0 Å². The van der Waals surface area contributed by atoms with Gasteiger partial charge in [0.1, 0.15) is 5.75 Å². The maximum absolute atomic E-state index is 12.0. The van der Waals surface area contributed by atoms with Crippen molar-refractivity contribution in [3.8, 4) is 16.9 Å². The Bertz CT molecular complexity index is 753. The number of Topliss-reactive ketones (excluding diaryl/α,β-unsaturated/α-hetero) is 1. The molecule has 2 rings (SSSR count). The number of amides is 1. The fourth-order valence-corrected chi connectivity index (χ4v) is 2.87. The molecule has 0 radical (unpaired) electrons. The summed E-state index contributed by atoms with van der Waals surface area (Å²) < 4.78 is 5.77. The molecule has 0 bridgehead atoms. The average molecular weight is 446 g/mol. The van der Waals surface area contributed by atoms with Crippen LogP contribution in [0.4, 0.5) is 0 Å². The maximum Gasteiger partial charge on any atom is 0.204 e. The summed E-state index contributed by atoms with van der Waals surface area (Å²) in [6.07, 6.45) is 4.10. The van der Waals surface area contributed by atoms with E-state index in [0.717, 1.165) is 53.7 Å². The van der Waals surface area contributed by atoms with Gasteiger partial charge in [-0.25, -0.2) is 0 Å². The summed E-state index contributed by atoms with van der Waals surface area (Å²) in [7, 11) is 0. The van der Waals surface area contributed by atoms with Crippen LogP contribution in [0.15, 0.2) is 36.4 Å². The number of primary amides is 1. The molecule has 0 aliphatic rings. The second kappa shape index (κ2) is 20.3. The number of carbonyl (C=O) groups excluding carboxylic acids is 2. The fraction of sp³-hybridized carbons (Fsp3) is 0.481. The van der Waals surface area contributed by atoms with Crippen LogP contribution in [-0.2, 0) is 17.6 Å². The first-order valence-corrected chi connectivity index (χ1v) is 11.6. The van der Waals surface area contributed by atoms with Crippen LogP contribution >= 0.6 is 0 Å². The van der Waals surface area contributed by atoms with Crippen LogP contribution < -0.4 is 10.5 Å². The first kappa shape index (κ1) is 31.5. The van der Waals surface area contributed by atoms with Gasteiger partial charge in [-0.2, -0.15) is 0 Å².